The number of benzene rings is 2. The lowest BCUT2D eigenvalue weighted by Gasteiger charge is -2.29. The van der Waals surface area contributed by atoms with Crippen LogP contribution >= 0.6 is 0 Å². The van der Waals surface area contributed by atoms with Crippen LogP contribution in [0.5, 0.6) is 0 Å². The highest BCUT2D eigenvalue weighted by Gasteiger charge is 2.52. The summed E-state index contributed by atoms with van der Waals surface area (Å²) < 4.78 is 5.38. The average Bonchev–Trinajstić information content (AvgIpc) is 2.89. The second-order valence-corrected chi connectivity index (χ2v) is 7.26. The topological polar surface area (TPSA) is 60.4 Å². The number of rotatable bonds is 3. The van der Waals surface area contributed by atoms with Crippen LogP contribution in [0, 0.1) is 11.8 Å². The summed E-state index contributed by atoms with van der Waals surface area (Å²) >= 11 is 0. The molecule has 0 aromatic heterocycles. The summed E-state index contributed by atoms with van der Waals surface area (Å²) in [6.45, 7) is 4.62. The first-order valence-electron chi connectivity index (χ1n) is 8.82. The van der Waals surface area contributed by atoms with Crippen molar-refractivity contribution >= 4 is 28.3 Å². The van der Waals surface area contributed by atoms with E-state index in [0.717, 1.165) is 21.9 Å². The Bertz CT molecular complexity index is 971. The third-order valence-corrected chi connectivity index (χ3v) is 5.65. The van der Waals surface area contributed by atoms with Crippen molar-refractivity contribution in [2.75, 3.05) is 0 Å². The molecule has 4 nitrogen and oxygen atoms in total. The highest BCUT2D eigenvalue weighted by molar-refractivity contribution is 6.03. The number of allylic oxidation sites excluding steroid dienone is 2. The molecule has 4 heteroatoms. The molecule has 0 bridgehead atoms. The quantitative estimate of drug-likeness (QED) is 0.624. The standard InChI is InChI=1S/C22H20O4/c1-11-10-17-16-9-8-14-6-4-5-7-15(14)19(16)21(20(17)22(25)26-11)18(12(2)23)13(3)24/h4-10,17-18,20-21H,1-3H3/t17-,20-,21+/m0/s1. The number of hydrogen-bond acceptors (Lipinski definition) is 4. The van der Waals surface area contributed by atoms with E-state index in [4.69, 9.17) is 4.74 Å². The van der Waals surface area contributed by atoms with Gasteiger partial charge in [-0.1, -0.05) is 36.4 Å². The first-order valence-corrected chi connectivity index (χ1v) is 8.82. The van der Waals surface area contributed by atoms with Gasteiger partial charge in [-0.25, -0.2) is 0 Å². The minimum Gasteiger partial charge on any atom is -0.431 e. The Morgan fingerprint density at radius 1 is 1.04 bits per heavy atom. The molecule has 0 saturated heterocycles. The van der Waals surface area contributed by atoms with E-state index in [1.165, 1.54) is 13.8 Å². The van der Waals surface area contributed by atoms with Crippen LogP contribution in [0.4, 0.5) is 0 Å². The van der Waals surface area contributed by atoms with Crippen LogP contribution < -0.4 is 0 Å². The third-order valence-electron chi connectivity index (χ3n) is 5.65. The molecular formula is C22H20O4. The predicted molar refractivity (Wildman–Crippen MR) is 97.6 cm³/mol. The van der Waals surface area contributed by atoms with E-state index in [2.05, 4.69) is 0 Å². The van der Waals surface area contributed by atoms with E-state index < -0.39 is 17.8 Å². The molecule has 0 radical (unpaired) electrons. The van der Waals surface area contributed by atoms with Crippen LogP contribution in [0.25, 0.3) is 10.8 Å². The van der Waals surface area contributed by atoms with E-state index in [-0.39, 0.29) is 23.5 Å². The molecule has 0 spiro atoms. The third kappa shape index (κ3) is 2.32. The molecule has 0 amide bonds. The van der Waals surface area contributed by atoms with Gasteiger partial charge in [-0.05, 0) is 48.7 Å². The Kier molecular flexibility index (Phi) is 3.79. The predicted octanol–water partition coefficient (Wildman–Crippen LogP) is 3.89. The van der Waals surface area contributed by atoms with E-state index in [9.17, 15) is 14.4 Å². The van der Waals surface area contributed by atoms with Crippen molar-refractivity contribution in [1.29, 1.82) is 0 Å². The SMILES string of the molecule is CC(=O)C(C(C)=O)[C@@H]1c2c(ccc3ccccc23)[C@@H]2C=C(C)OC(=O)[C@@H]21. The number of ether oxygens (including phenoxy) is 1. The molecule has 1 aliphatic heterocycles. The summed E-state index contributed by atoms with van der Waals surface area (Å²) in [6.07, 6.45) is 1.94. The lowest BCUT2D eigenvalue weighted by molar-refractivity contribution is -0.147. The maximum Gasteiger partial charge on any atom is 0.315 e. The van der Waals surface area contributed by atoms with Crippen LogP contribution in [0.15, 0.2) is 48.2 Å². The van der Waals surface area contributed by atoms with Crippen molar-refractivity contribution < 1.29 is 19.1 Å². The van der Waals surface area contributed by atoms with Gasteiger partial charge in [-0.3, -0.25) is 14.4 Å². The van der Waals surface area contributed by atoms with Gasteiger partial charge in [-0.15, -0.1) is 0 Å². The van der Waals surface area contributed by atoms with Crippen LogP contribution in [0.1, 0.15) is 43.7 Å². The van der Waals surface area contributed by atoms with Crippen LogP contribution in [-0.2, 0) is 19.1 Å². The Balaban J connectivity index is 2.05. The number of cyclic esters (lactones) is 1. The second-order valence-electron chi connectivity index (χ2n) is 7.26. The molecule has 0 saturated carbocycles. The maximum absolute atomic E-state index is 12.8. The van der Waals surface area contributed by atoms with Crippen LogP contribution in [0.3, 0.4) is 0 Å². The van der Waals surface area contributed by atoms with E-state index in [0.29, 0.717) is 5.76 Å². The van der Waals surface area contributed by atoms with Gasteiger partial charge in [-0.2, -0.15) is 0 Å². The molecule has 2 aromatic carbocycles. The first kappa shape index (κ1) is 16.7. The zero-order valence-electron chi connectivity index (χ0n) is 15.0. The monoisotopic (exact) mass is 348 g/mol. The van der Waals surface area contributed by atoms with E-state index in [1.807, 2.05) is 42.5 Å². The Hall–Kier alpha value is -2.75. The lowest BCUT2D eigenvalue weighted by Crippen LogP contribution is -2.36. The number of carbonyl (C=O) groups excluding carboxylic acids is 3. The van der Waals surface area contributed by atoms with Gasteiger partial charge in [0.1, 0.15) is 17.3 Å². The largest absolute Gasteiger partial charge is 0.431 e. The van der Waals surface area contributed by atoms with Crippen molar-refractivity contribution in [3.8, 4) is 0 Å². The van der Waals surface area contributed by atoms with Gasteiger partial charge < -0.3 is 4.74 Å². The normalized spacial score (nSPS) is 24.1. The summed E-state index contributed by atoms with van der Waals surface area (Å²) in [5.74, 6) is -2.24. The number of Topliss-reactive ketones (excluding diaryl/α,β-unsaturated/α-hetero) is 2. The number of carbonyl (C=O) groups is 3. The summed E-state index contributed by atoms with van der Waals surface area (Å²) in [5, 5.41) is 2.03. The van der Waals surface area contributed by atoms with Crippen molar-refractivity contribution in [3.63, 3.8) is 0 Å². The lowest BCUT2D eigenvalue weighted by atomic mass is 9.74. The van der Waals surface area contributed by atoms with Gasteiger partial charge in [0.05, 0.1) is 11.8 Å². The minimum atomic E-state index is -0.839. The van der Waals surface area contributed by atoms with Crippen LogP contribution in [0.2, 0.25) is 0 Å². The summed E-state index contributed by atoms with van der Waals surface area (Å²) in [5.41, 5.74) is 1.96. The fourth-order valence-corrected chi connectivity index (χ4v) is 4.74. The fraction of sp³-hybridized carbons (Fsp3) is 0.318. The highest BCUT2D eigenvalue weighted by atomic mass is 16.5. The summed E-state index contributed by atoms with van der Waals surface area (Å²) in [6, 6.07) is 12.0. The van der Waals surface area contributed by atoms with E-state index in [1.54, 1.807) is 6.92 Å². The zero-order valence-corrected chi connectivity index (χ0v) is 15.0. The fourth-order valence-electron chi connectivity index (χ4n) is 4.74. The number of esters is 1. The molecule has 132 valence electrons. The molecule has 2 aliphatic rings. The molecular weight excluding hydrogens is 328 g/mol. The molecule has 3 atom stereocenters. The van der Waals surface area contributed by atoms with Crippen molar-refractivity contribution in [2.45, 2.75) is 32.6 Å². The van der Waals surface area contributed by atoms with Gasteiger partial charge in [0, 0.05) is 11.8 Å². The molecule has 26 heavy (non-hydrogen) atoms. The number of hydrogen-bond donors (Lipinski definition) is 0. The van der Waals surface area contributed by atoms with Crippen molar-refractivity contribution in [2.24, 2.45) is 11.8 Å². The van der Waals surface area contributed by atoms with E-state index >= 15 is 0 Å². The summed E-state index contributed by atoms with van der Waals surface area (Å²) in [4.78, 5) is 37.5. The molecule has 0 N–H and O–H groups in total. The van der Waals surface area contributed by atoms with Crippen LogP contribution in [-0.4, -0.2) is 17.5 Å². The summed E-state index contributed by atoms with van der Waals surface area (Å²) in [7, 11) is 0. The molecule has 1 aliphatic carbocycles. The molecule has 0 unspecified atom stereocenters. The molecule has 4 rings (SSSR count). The average molecular weight is 348 g/mol. The molecule has 1 heterocycles. The zero-order chi connectivity index (χ0) is 18.6. The number of ketones is 2. The van der Waals surface area contributed by atoms with Crippen molar-refractivity contribution in [1.82, 2.24) is 0 Å². The smallest absolute Gasteiger partial charge is 0.315 e. The van der Waals surface area contributed by atoms with Gasteiger partial charge in [0.15, 0.2) is 0 Å². The second kappa shape index (κ2) is 5.90. The van der Waals surface area contributed by atoms with Gasteiger partial charge >= 0.3 is 5.97 Å². The maximum atomic E-state index is 12.8. The Labute approximate surface area is 151 Å². The Morgan fingerprint density at radius 3 is 2.42 bits per heavy atom. The highest BCUT2D eigenvalue weighted by Crippen LogP contribution is 2.55. The Morgan fingerprint density at radius 2 is 1.73 bits per heavy atom. The minimum absolute atomic E-state index is 0.165. The first-order chi connectivity index (χ1) is 12.4. The number of fused-ring (bicyclic) bond motifs is 5. The van der Waals surface area contributed by atoms with Gasteiger partial charge in [0.2, 0.25) is 0 Å². The van der Waals surface area contributed by atoms with Crippen molar-refractivity contribution in [3.05, 3.63) is 59.4 Å². The van der Waals surface area contributed by atoms with Gasteiger partial charge in [0.25, 0.3) is 0 Å². The molecule has 2 aromatic rings. The molecule has 0 fully saturated rings.